The molecule has 1 saturated carbocycles. The summed E-state index contributed by atoms with van der Waals surface area (Å²) < 4.78 is 5.33. The Hall–Kier alpha value is -0.0800. The van der Waals surface area contributed by atoms with E-state index in [-0.39, 0.29) is 0 Å². The van der Waals surface area contributed by atoms with Gasteiger partial charge in [0.1, 0.15) is 0 Å². The van der Waals surface area contributed by atoms with E-state index in [2.05, 4.69) is 33.1 Å². The van der Waals surface area contributed by atoms with Crippen LogP contribution in [0.15, 0.2) is 0 Å². The van der Waals surface area contributed by atoms with Crippen LogP contribution in [0.25, 0.3) is 0 Å². The van der Waals surface area contributed by atoms with Crippen molar-refractivity contribution < 1.29 is 4.74 Å². The van der Waals surface area contributed by atoms with Gasteiger partial charge in [0, 0.05) is 13.7 Å². The fraction of sp³-hybridized carbons (Fsp3) is 1.00. The van der Waals surface area contributed by atoms with Gasteiger partial charge in [-0.05, 0) is 56.0 Å². The van der Waals surface area contributed by atoms with Crippen LogP contribution in [0.3, 0.4) is 0 Å². The normalized spacial score (nSPS) is 31.3. The first kappa shape index (κ1) is 14.0. The SMILES string of the molecule is CNCC1CCC(C)(C)CC1C(C)COC. The molecule has 1 aliphatic carbocycles. The molecule has 1 rings (SSSR count). The van der Waals surface area contributed by atoms with Gasteiger partial charge in [-0.1, -0.05) is 20.8 Å². The number of nitrogens with one attached hydrogen (secondary N) is 1. The molecule has 1 N–H and O–H groups in total. The predicted molar refractivity (Wildman–Crippen MR) is 69.6 cm³/mol. The fourth-order valence-corrected chi connectivity index (χ4v) is 3.26. The lowest BCUT2D eigenvalue weighted by atomic mass is 9.63. The molecular formula is C14H29NO. The van der Waals surface area contributed by atoms with Gasteiger partial charge in [-0.2, -0.15) is 0 Å². The van der Waals surface area contributed by atoms with Crippen LogP contribution in [0.4, 0.5) is 0 Å². The highest BCUT2D eigenvalue weighted by Gasteiger charge is 2.36. The molecule has 0 spiro atoms. The lowest BCUT2D eigenvalue weighted by Crippen LogP contribution is -2.39. The molecule has 0 aromatic heterocycles. The highest BCUT2D eigenvalue weighted by atomic mass is 16.5. The van der Waals surface area contributed by atoms with Gasteiger partial charge in [0.05, 0.1) is 0 Å². The first-order valence-corrected chi connectivity index (χ1v) is 6.63. The lowest BCUT2D eigenvalue weighted by molar-refractivity contribution is 0.0410. The van der Waals surface area contributed by atoms with E-state index in [0.29, 0.717) is 11.3 Å². The monoisotopic (exact) mass is 227 g/mol. The Labute approximate surface area is 101 Å². The van der Waals surface area contributed by atoms with Crippen LogP contribution in [-0.4, -0.2) is 27.3 Å². The van der Waals surface area contributed by atoms with Crippen molar-refractivity contribution >= 4 is 0 Å². The quantitative estimate of drug-likeness (QED) is 0.780. The third-order valence-electron chi connectivity index (χ3n) is 4.21. The summed E-state index contributed by atoms with van der Waals surface area (Å²) >= 11 is 0. The highest BCUT2D eigenvalue weighted by molar-refractivity contribution is 4.88. The maximum absolute atomic E-state index is 5.33. The zero-order valence-corrected chi connectivity index (χ0v) is 11.7. The third kappa shape index (κ3) is 3.74. The van der Waals surface area contributed by atoms with Gasteiger partial charge in [0.2, 0.25) is 0 Å². The molecule has 0 heterocycles. The van der Waals surface area contributed by atoms with Crippen LogP contribution >= 0.6 is 0 Å². The van der Waals surface area contributed by atoms with Crippen molar-refractivity contribution in [1.29, 1.82) is 0 Å². The number of rotatable bonds is 5. The van der Waals surface area contributed by atoms with Crippen LogP contribution in [0.2, 0.25) is 0 Å². The molecule has 0 aromatic carbocycles. The second-order valence-corrected chi connectivity index (χ2v) is 6.32. The van der Waals surface area contributed by atoms with Gasteiger partial charge < -0.3 is 10.1 Å². The molecule has 96 valence electrons. The minimum absolute atomic E-state index is 0.525. The molecular weight excluding hydrogens is 198 g/mol. The Kier molecular flexibility index (Phi) is 5.26. The summed E-state index contributed by atoms with van der Waals surface area (Å²) in [7, 11) is 3.88. The molecule has 16 heavy (non-hydrogen) atoms. The summed E-state index contributed by atoms with van der Waals surface area (Å²) in [5.74, 6) is 2.34. The Balaban J connectivity index is 2.63. The first-order chi connectivity index (χ1) is 7.50. The molecule has 0 amide bonds. The zero-order chi connectivity index (χ0) is 12.2. The number of ether oxygens (including phenoxy) is 1. The molecule has 2 nitrogen and oxygen atoms in total. The summed E-state index contributed by atoms with van der Waals surface area (Å²) in [6.45, 7) is 9.23. The summed E-state index contributed by atoms with van der Waals surface area (Å²) in [5.41, 5.74) is 0.525. The number of hydrogen-bond donors (Lipinski definition) is 1. The first-order valence-electron chi connectivity index (χ1n) is 6.63. The molecule has 3 unspecified atom stereocenters. The summed E-state index contributed by atoms with van der Waals surface area (Å²) in [4.78, 5) is 0. The number of methoxy groups -OCH3 is 1. The van der Waals surface area contributed by atoms with E-state index in [4.69, 9.17) is 4.74 Å². The molecule has 0 bridgehead atoms. The average molecular weight is 227 g/mol. The van der Waals surface area contributed by atoms with Crippen molar-refractivity contribution in [2.24, 2.45) is 23.2 Å². The molecule has 0 aromatic rings. The van der Waals surface area contributed by atoms with Crippen molar-refractivity contribution in [3.63, 3.8) is 0 Å². The average Bonchev–Trinajstić information content (AvgIpc) is 2.21. The van der Waals surface area contributed by atoms with Crippen molar-refractivity contribution in [1.82, 2.24) is 5.32 Å². The largest absolute Gasteiger partial charge is 0.384 e. The molecule has 3 atom stereocenters. The van der Waals surface area contributed by atoms with Crippen molar-refractivity contribution in [2.75, 3.05) is 27.3 Å². The van der Waals surface area contributed by atoms with Gasteiger partial charge in [-0.3, -0.25) is 0 Å². The molecule has 1 aliphatic rings. The smallest absolute Gasteiger partial charge is 0.0490 e. The van der Waals surface area contributed by atoms with E-state index < -0.39 is 0 Å². The molecule has 0 radical (unpaired) electrons. The van der Waals surface area contributed by atoms with E-state index in [1.54, 1.807) is 0 Å². The predicted octanol–water partition coefficient (Wildman–Crippen LogP) is 2.93. The van der Waals surface area contributed by atoms with Crippen molar-refractivity contribution in [3.8, 4) is 0 Å². The zero-order valence-electron chi connectivity index (χ0n) is 11.7. The lowest BCUT2D eigenvalue weighted by Gasteiger charge is -2.43. The second kappa shape index (κ2) is 6.02. The fourth-order valence-electron chi connectivity index (χ4n) is 3.26. The standard InChI is InChI=1S/C14H29NO/c1-11(10-16-5)13-8-14(2,3)7-6-12(13)9-15-4/h11-13,15H,6-10H2,1-5H3. The molecule has 0 aliphatic heterocycles. The van der Waals surface area contributed by atoms with Gasteiger partial charge >= 0.3 is 0 Å². The summed E-state index contributed by atoms with van der Waals surface area (Å²) in [6, 6.07) is 0. The topological polar surface area (TPSA) is 21.3 Å². The van der Waals surface area contributed by atoms with E-state index in [0.717, 1.165) is 25.0 Å². The Morgan fingerprint density at radius 2 is 2.12 bits per heavy atom. The van der Waals surface area contributed by atoms with Crippen LogP contribution < -0.4 is 5.32 Å². The van der Waals surface area contributed by atoms with Crippen molar-refractivity contribution in [2.45, 2.75) is 40.0 Å². The van der Waals surface area contributed by atoms with Crippen molar-refractivity contribution in [3.05, 3.63) is 0 Å². The maximum atomic E-state index is 5.33. The minimum Gasteiger partial charge on any atom is -0.384 e. The van der Waals surface area contributed by atoms with E-state index >= 15 is 0 Å². The summed E-state index contributed by atoms with van der Waals surface area (Å²) in [6.07, 6.45) is 4.09. The van der Waals surface area contributed by atoms with E-state index in [1.165, 1.54) is 19.3 Å². The third-order valence-corrected chi connectivity index (χ3v) is 4.21. The van der Waals surface area contributed by atoms with Gasteiger partial charge in [0.25, 0.3) is 0 Å². The molecule has 1 fully saturated rings. The maximum Gasteiger partial charge on any atom is 0.0490 e. The van der Waals surface area contributed by atoms with E-state index in [1.807, 2.05) is 7.11 Å². The van der Waals surface area contributed by atoms with Crippen LogP contribution in [0.5, 0.6) is 0 Å². The Morgan fingerprint density at radius 3 is 2.69 bits per heavy atom. The molecule has 0 saturated heterocycles. The highest BCUT2D eigenvalue weighted by Crippen LogP contribution is 2.44. The molecule has 2 heteroatoms. The Morgan fingerprint density at radius 1 is 1.44 bits per heavy atom. The van der Waals surface area contributed by atoms with Crippen LogP contribution in [-0.2, 0) is 4.74 Å². The summed E-state index contributed by atoms with van der Waals surface area (Å²) in [5, 5.41) is 3.35. The van der Waals surface area contributed by atoms with Crippen LogP contribution in [0, 0.1) is 23.2 Å². The van der Waals surface area contributed by atoms with Gasteiger partial charge in [0.15, 0.2) is 0 Å². The minimum atomic E-state index is 0.525. The van der Waals surface area contributed by atoms with Gasteiger partial charge in [-0.15, -0.1) is 0 Å². The second-order valence-electron chi connectivity index (χ2n) is 6.32. The number of hydrogen-bond acceptors (Lipinski definition) is 2. The van der Waals surface area contributed by atoms with Gasteiger partial charge in [-0.25, -0.2) is 0 Å². The Bertz CT molecular complexity index is 203. The van der Waals surface area contributed by atoms with Crippen LogP contribution in [0.1, 0.15) is 40.0 Å². The van der Waals surface area contributed by atoms with E-state index in [9.17, 15) is 0 Å².